The normalized spacial score (nSPS) is 17.2. The third kappa shape index (κ3) is 2.85. The van der Waals surface area contributed by atoms with Crippen molar-refractivity contribution in [1.29, 1.82) is 0 Å². The smallest absolute Gasteiger partial charge is 0.341 e. The highest BCUT2D eigenvalue weighted by atomic mass is 32.2. The molecule has 3 heterocycles. The number of nitrogens with zero attached hydrogens (tertiary/aromatic N) is 3. The molecule has 1 saturated heterocycles. The molecule has 1 aromatic carbocycles. The number of anilines is 1. The Kier molecular flexibility index (Phi) is 4.96. The molecule has 0 amide bonds. The van der Waals surface area contributed by atoms with Crippen LogP contribution in [0.2, 0.25) is 0 Å². The molecule has 2 aliphatic heterocycles. The number of hydrogen-bond acceptors (Lipinski definition) is 5. The second-order valence-electron chi connectivity index (χ2n) is 6.44. The molecule has 140 valence electrons. The molecule has 0 bridgehead atoms. The van der Waals surface area contributed by atoms with Gasteiger partial charge in [0.15, 0.2) is 0 Å². The number of aromatic carboxylic acids is 1. The molecule has 0 unspecified atom stereocenters. The second-order valence-corrected chi connectivity index (χ2v) is 7.55. The third-order valence-electron chi connectivity index (χ3n) is 4.87. The molecule has 1 aromatic heterocycles. The van der Waals surface area contributed by atoms with E-state index in [1.54, 1.807) is 4.57 Å². The van der Waals surface area contributed by atoms with Crippen molar-refractivity contribution < 1.29 is 19.8 Å². The van der Waals surface area contributed by atoms with Gasteiger partial charge in [-0.05, 0) is 13.1 Å². The summed E-state index contributed by atoms with van der Waals surface area (Å²) in [6.07, 6.45) is 1.39. The van der Waals surface area contributed by atoms with Gasteiger partial charge in [-0.3, -0.25) is 4.79 Å². The van der Waals surface area contributed by atoms with Gasteiger partial charge in [-0.15, -0.1) is 11.8 Å². The van der Waals surface area contributed by atoms with Crippen LogP contribution in [-0.4, -0.2) is 65.0 Å². The fourth-order valence-electron chi connectivity index (χ4n) is 3.52. The predicted molar refractivity (Wildman–Crippen MR) is 99.2 cm³/mol. The summed E-state index contributed by atoms with van der Waals surface area (Å²) in [5.74, 6) is -1.01. The maximum atomic E-state index is 15.0. The van der Waals surface area contributed by atoms with E-state index in [4.69, 9.17) is 0 Å². The van der Waals surface area contributed by atoms with Gasteiger partial charge in [0.05, 0.1) is 21.5 Å². The van der Waals surface area contributed by atoms with Crippen molar-refractivity contribution >= 4 is 34.3 Å². The van der Waals surface area contributed by atoms with Crippen molar-refractivity contribution in [2.24, 2.45) is 0 Å². The molecule has 1 fully saturated rings. The minimum atomic E-state index is -1.28. The minimum absolute atomic E-state index is 0. The Hall–Kier alpha value is -2.10. The summed E-state index contributed by atoms with van der Waals surface area (Å²) in [5, 5.41) is 9.41. The number of aryl methyl sites for hydroxylation is 1. The minimum Gasteiger partial charge on any atom is -0.477 e. The number of likely N-dealkylation sites (N-methyl/N-ethyl adjacent to an activating group) is 1. The summed E-state index contributed by atoms with van der Waals surface area (Å²) < 4.78 is 16.7. The zero-order valence-corrected chi connectivity index (χ0v) is 15.1. The molecule has 0 atom stereocenters. The van der Waals surface area contributed by atoms with E-state index < -0.39 is 17.2 Å². The van der Waals surface area contributed by atoms with Gasteiger partial charge in [0, 0.05) is 44.7 Å². The molecule has 0 saturated carbocycles. The number of carboxylic acids is 1. The van der Waals surface area contributed by atoms with Crippen LogP contribution in [0.1, 0.15) is 10.4 Å². The van der Waals surface area contributed by atoms with Crippen molar-refractivity contribution in [3.63, 3.8) is 0 Å². The average Bonchev–Trinajstić information content (AvgIpc) is 2.58. The fourth-order valence-corrected chi connectivity index (χ4v) is 4.74. The van der Waals surface area contributed by atoms with Crippen molar-refractivity contribution in [3.05, 3.63) is 33.9 Å². The summed E-state index contributed by atoms with van der Waals surface area (Å²) >= 11 is 1.54. The Bertz CT molecular complexity index is 938. The molecular formula is C17H20FN3O4S. The van der Waals surface area contributed by atoms with Gasteiger partial charge in [0.1, 0.15) is 11.4 Å². The van der Waals surface area contributed by atoms with Gasteiger partial charge in [-0.2, -0.15) is 0 Å². The Labute approximate surface area is 153 Å². The van der Waals surface area contributed by atoms with Crippen LogP contribution in [0.25, 0.3) is 10.9 Å². The summed E-state index contributed by atoms with van der Waals surface area (Å²) in [6.45, 7) is 3.76. The lowest BCUT2D eigenvalue weighted by Crippen LogP contribution is -2.45. The number of piperazine rings is 1. The number of halogens is 1. The summed E-state index contributed by atoms with van der Waals surface area (Å²) in [4.78, 5) is 28.8. The number of pyridine rings is 1. The zero-order valence-electron chi connectivity index (χ0n) is 14.3. The average molecular weight is 381 g/mol. The standard InChI is InChI=1S/C17H18FN3O3S.H2O/c1-19-2-4-20(5-3-19)14-12(18)8-10-13-16(14)25-7-6-21(13)9-11(15(10)22)17(23)24;/h8-9H,2-7H2,1H3,(H,23,24);1H2. The first kappa shape index (κ1) is 18.7. The molecular weight excluding hydrogens is 361 g/mol. The van der Waals surface area contributed by atoms with Crippen LogP contribution in [0.5, 0.6) is 0 Å². The van der Waals surface area contributed by atoms with E-state index in [2.05, 4.69) is 4.90 Å². The Morgan fingerprint density at radius 1 is 1.23 bits per heavy atom. The second kappa shape index (κ2) is 6.90. The largest absolute Gasteiger partial charge is 0.477 e. The molecule has 0 aliphatic carbocycles. The lowest BCUT2D eigenvalue weighted by atomic mass is 10.1. The molecule has 0 spiro atoms. The number of rotatable bonds is 2. The van der Waals surface area contributed by atoms with Crippen LogP contribution in [0.4, 0.5) is 10.1 Å². The third-order valence-corrected chi connectivity index (χ3v) is 5.93. The lowest BCUT2D eigenvalue weighted by Gasteiger charge is -2.36. The number of carboxylic acid groups (broad SMARTS) is 1. The molecule has 0 radical (unpaired) electrons. The zero-order chi connectivity index (χ0) is 17.7. The van der Waals surface area contributed by atoms with E-state index in [-0.39, 0.29) is 16.4 Å². The number of aromatic nitrogens is 1. The first-order valence-electron chi connectivity index (χ1n) is 8.16. The van der Waals surface area contributed by atoms with E-state index in [9.17, 15) is 19.1 Å². The number of benzene rings is 1. The molecule has 9 heteroatoms. The van der Waals surface area contributed by atoms with Crippen molar-refractivity contribution in [3.8, 4) is 0 Å². The van der Waals surface area contributed by atoms with Crippen molar-refractivity contribution in [1.82, 2.24) is 9.47 Å². The van der Waals surface area contributed by atoms with Crippen molar-refractivity contribution in [2.75, 3.05) is 43.9 Å². The summed E-state index contributed by atoms with van der Waals surface area (Å²) in [5.41, 5.74) is 0.270. The van der Waals surface area contributed by atoms with Crippen LogP contribution in [0.15, 0.2) is 22.0 Å². The highest BCUT2D eigenvalue weighted by molar-refractivity contribution is 7.99. The topological polar surface area (TPSA) is 97.3 Å². The quantitative estimate of drug-likeness (QED) is 0.829. The molecule has 2 aliphatic rings. The van der Waals surface area contributed by atoms with Gasteiger partial charge >= 0.3 is 5.97 Å². The number of hydrogen-bond donors (Lipinski definition) is 1. The molecule has 2 aromatic rings. The van der Waals surface area contributed by atoms with E-state index in [1.165, 1.54) is 24.0 Å². The van der Waals surface area contributed by atoms with Crippen LogP contribution in [-0.2, 0) is 6.54 Å². The Morgan fingerprint density at radius 2 is 1.92 bits per heavy atom. The fraction of sp³-hybridized carbons (Fsp3) is 0.412. The van der Waals surface area contributed by atoms with Crippen molar-refractivity contribution in [2.45, 2.75) is 11.4 Å². The maximum Gasteiger partial charge on any atom is 0.341 e. The monoisotopic (exact) mass is 381 g/mol. The number of thioether (sulfide) groups is 1. The first-order valence-corrected chi connectivity index (χ1v) is 9.15. The molecule has 26 heavy (non-hydrogen) atoms. The van der Waals surface area contributed by atoms with Gasteiger partial charge in [-0.25, -0.2) is 9.18 Å². The molecule has 3 N–H and O–H groups in total. The Balaban J connectivity index is 0.00000196. The van der Waals surface area contributed by atoms with E-state index in [0.717, 1.165) is 31.1 Å². The van der Waals surface area contributed by atoms with Crippen LogP contribution < -0.4 is 10.3 Å². The van der Waals surface area contributed by atoms with E-state index in [0.29, 0.717) is 23.5 Å². The molecule has 4 rings (SSSR count). The van der Waals surface area contributed by atoms with Crippen LogP contribution in [0, 0.1) is 5.82 Å². The summed E-state index contributed by atoms with van der Waals surface area (Å²) in [7, 11) is 2.04. The van der Waals surface area contributed by atoms with Crippen LogP contribution >= 0.6 is 11.8 Å². The highest BCUT2D eigenvalue weighted by Crippen LogP contribution is 2.41. The van der Waals surface area contributed by atoms with E-state index >= 15 is 0 Å². The van der Waals surface area contributed by atoms with Gasteiger partial charge < -0.3 is 24.9 Å². The first-order chi connectivity index (χ1) is 12.0. The van der Waals surface area contributed by atoms with Crippen LogP contribution in [0.3, 0.4) is 0 Å². The lowest BCUT2D eigenvalue weighted by molar-refractivity contribution is 0.0695. The van der Waals surface area contributed by atoms with E-state index in [1.807, 2.05) is 11.9 Å². The van der Waals surface area contributed by atoms with Gasteiger partial charge in [-0.1, -0.05) is 0 Å². The Morgan fingerprint density at radius 3 is 2.58 bits per heavy atom. The summed E-state index contributed by atoms with van der Waals surface area (Å²) in [6, 6.07) is 1.21. The SMILES string of the molecule is CN1CCN(c2c(F)cc3c(=O)c(C(=O)O)cn4c3c2SCC4)CC1.O. The maximum absolute atomic E-state index is 15.0. The highest BCUT2D eigenvalue weighted by Gasteiger charge is 2.28. The molecule has 7 nitrogen and oxygen atoms in total. The predicted octanol–water partition coefficient (Wildman–Crippen LogP) is 0.872. The number of carbonyl (C=O) groups is 1. The van der Waals surface area contributed by atoms with Gasteiger partial charge in [0.2, 0.25) is 5.43 Å². The van der Waals surface area contributed by atoms with Gasteiger partial charge in [0.25, 0.3) is 0 Å².